The van der Waals surface area contributed by atoms with Crippen molar-refractivity contribution in [2.45, 2.75) is 26.7 Å². The van der Waals surface area contributed by atoms with E-state index in [1.807, 2.05) is 43.0 Å². The van der Waals surface area contributed by atoms with E-state index in [0.717, 1.165) is 64.9 Å². The molecular formula is C24H25NO3. The minimum atomic E-state index is 0.0769. The fourth-order valence-electron chi connectivity index (χ4n) is 3.77. The van der Waals surface area contributed by atoms with Crippen molar-refractivity contribution in [2.75, 3.05) is 19.7 Å². The first-order chi connectivity index (χ1) is 13.7. The molecule has 2 aromatic carbocycles. The zero-order chi connectivity index (χ0) is 19.5. The zero-order valence-corrected chi connectivity index (χ0v) is 16.4. The van der Waals surface area contributed by atoms with Crippen molar-refractivity contribution in [3.05, 3.63) is 60.4 Å². The third-order valence-corrected chi connectivity index (χ3v) is 5.24. The number of benzene rings is 2. The van der Waals surface area contributed by atoms with Gasteiger partial charge >= 0.3 is 0 Å². The van der Waals surface area contributed by atoms with Crippen LogP contribution in [0.25, 0.3) is 27.7 Å². The van der Waals surface area contributed by atoms with Crippen molar-refractivity contribution in [3.8, 4) is 16.9 Å². The number of hydrogen-bond acceptors (Lipinski definition) is 3. The van der Waals surface area contributed by atoms with Crippen molar-refractivity contribution in [1.82, 2.24) is 4.90 Å². The molecule has 1 aromatic heterocycles. The molecule has 4 rings (SSSR count). The van der Waals surface area contributed by atoms with Crippen LogP contribution < -0.4 is 4.74 Å². The van der Waals surface area contributed by atoms with E-state index in [1.165, 1.54) is 0 Å². The Kier molecular flexibility index (Phi) is 5.20. The molecule has 0 bridgehead atoms. The number of carbonyl (C=O) groups is 1. The van der Waals surface area contributed by atoms with Crippen LogP contribution in [0.15, 0.2) is 59.2 Å². The van der Waals surface area contributed by atoms with Crippen molar-refractivity contribution < 1.29 is 13.9 Å². The molecule has 1 aliphatic rings. The molecule has 2 heterocycles. The van der Waals surface area contributed by atoms with Crippen molar-refractivity contribution in [1.29, 1.82) is 0 Å². The zero-order valence-electron chi connectivity index (χ0n) is 16.4. The molecule has 28 heavy (non-hydrogen) atoms. The molecule has 1 fully saturated rings. The number of carbonyl (C=O) groups excluding carboxylic acids is 1. The number of amides is 1. The van der Waals surface area contributed by atoms with Gasteiger partial charge in [-0.25, -0.2) is 0 Å². The highest BCUT2D eigenvalue weighted by Gasteiger charge is 2.18. The first kappa shape index (κ1) is 18.4. The molecule has 1 saturated heterocycles. The molecule has 0 radical (unpaired) electrons. The number of hydrogen-bond donors (Lipinski definition) is 0. The second-order valence-electron chi connectivity index (χ2n) is 7.15. The largest absolute Gasteiger partial charge is 0.493 e. The van der Waals surface area contributed by atoms with Gasteiger partial charge < -0.3 is 14.1 Å². The van der Waals surface area contributed by atoms with Crippen LogP contribution in [0.5, 0.6) is 5.75 Å². The van der Waals surface area contributed by atoms with E-state index in [4.69, 9.17) is 9.15 Å². The van der Waals surface area contributed by atoms with Gasteiger partial charge in [-0.15, -0.1) is 0 Å². The molecule has 0 aliphatic carbocycles. The summed E-state index contributed by atoms with van der Waals surface area (Å²) in [6.45, 7) is 6.18. The second-order valence-corrected chi connectivity index (χ2v) is 7.15. The topological polar surface area (TPSA) is 42.7 Å². The van der Waals surface area contributed by atoms with Crippen molar-refractivity contribution >= 4 is 22.4 Å². The third kappa shape index (κ3) is 3.55. The van der Waals surface area contributed by atoms with Gasteiger partial charge in [0.2, 0.25) is 5.91 Å². The lowest BCUT2D eigenvalue weighted by molar-refractivity contribution is -0.124. The molecule has 0 atom stereocenters. The van der Waals surface area contributed by atoms with Gasteiger partial charge in [-0.05, 0) is 43.9 Å². The predicted molar refractivity (Wildman–Crippen MR) is 112 cm³/mol. The smallest absolute Gasteiger partial charge is 0.246 e. The Hall–Kier alpha value is -3.01. The van der Waals surface area contributed by atoms with Crippen LogP contribution in [-0.4, -0.2) is 30.5 Å². The van der Waals surface area contributed by atoms with Gasteiger partial charge in [0.1, 0.15) is 11.3 Å². The third-order valence-electron chi connectivity index (χ3n) is 5.24. The van der Waals surface area contributed by atoms with E-state index >= 15 is 0 Å². The van der Waals surface area contributed by atoms with Gasteiger partial charge in [-0.3, -0.25) is 4.79 Å². The highest BCUT2D eigenvalue weighted by molar-refractivity contribution is 6.00. The van der Waals surface area contributed by atoms with Gasteiger partial charge in [-0.1, -0.05) is 30.3 Å². The Morgan fingerprint density at radius 2 is 1.93 bits per heavy atom. The van der Waals surface area contributed by atoms with Gasteiger partial charge in [0.15, 0.2) is 0 Å². The molecule has 1 aliphatic heterocycles. The number of ether oxygens (including phenoxy) is 1. The molecule has 0 spiro atoms. The highest BCUT2D eigenvalue weighted by atomic mass is 16.5. The monoisotopic (exact) mass is 375 g/mol. The molecule has 0 unspecified atom stereocenters. The molecule has 4 nitrogen and oxygen atoms in total. The summed E-state index contributed by atoms with van der Waals surface area (Å²) in [7, 11) is 0. The average Bonchev–Trinajstić information content (AvgIpc) is 3.38. The summed E-state index contributed by atoms with van der Waals surface area (Å²) >= 11 is 0. The fraction of sp³-hybridized carbons (Fsp3) is 0.292. The van der Waals surface area contributed by atoms with Gasteiger partial charge in [0.05, 0.1) is 12.9 Å². The summed E-state index contributed by atoms with van der Waals surface area (Å²) in [5.41, 5.74) is 4.76. The van der Waals surface area contributed by atoms with Crippen LogP contribution in [0.1, 0.15) is 32.3 Å². The molecule has 144 valence electrons. The van der Waals surface area contributed by atoms with E-state index in [0.29, 0.717) is 6.61 Å². The van der Waals surface area contributed by atoms with E-state index in [9.17, 15) is 4.79 Å². The minimum absolute atomic E-state index is 0.0769. The van der Waals surface area contributed by atoms with Crippen molar-refractivity contribution in [2.24, 2.45) is 0 Å². The minimum Gasteiger partial charge on any atom is -0.493 e. The lowest BCUT2D eigenvalue weighted by atomic mass is 9.99. The lowest BCUT2D eigenvalue weighted by Gasteiger charge is -2.15. The number of fused-ring (bicyclic) bond motifs is 1. The summed E-state index contributed by atoms with van der Waals surface area (Å²) in [5, 5.41) is 1.02. The standard InChI is InChI=1S/C24H25NO3/c1-3-27-22-15-23-20(21(16-28-23)18-9-5-4-6-10-18)14-19(22)17(2)13-24(26)25-11-7-8-12-25/h4-6,9-10,13-16H,3,7-8,11-12H2,1-2H3/b17-13+. The van der Waals surface area contributed by atoms with E-state index < -0.39 is 0 Å². The first-order valence-corrected chi connectivity index (χ1v) is 9.88. The Bertz CT molecular complexity index is 1010. The quantitative estimate of drug-likeness (QED) is 0.551. The summed E-state index contributed by atoms with van der Waals surface area (Å²) in [4.78, 5) is 14.5. The maximum Gasteiger partial charge on any atom is 0.246 e. The van der Waals surface area contributed by atoms with E-state index in [-0.39, 0.29) is 5.91 Å². The first-order valence-electron chi connectivity index (χ1n) is 9.88. The number of allylic oxidation sites excluding steroid dienone is 1. The van der Waals surface area contributed by atoms with Crippen LogP contribution in [0.2, 0.25) is 0 Å². The summed E-state index contributed by atoms with van der Waals surface area (Å²) in [5.74, 6) is 0.819. The maximum atomic E-state index is 12.6. The Morgan fingerprint density at radius 1 is 1.18 bits per heavy atom. The molecule has 0 N–H and O–H groups in total. The number of nitrogens with zero attached hydrogens (tertiary/aromatic N) is 1. The summed E-state index contributed by atoms with van der Waals surface area (Å²) in [6.07, 6.45) is 5.69. The number of likely N-dealkylation sites (tertiary alicyclic amines) is 1. The Morgan fingerprint density at radius 3 is 2.64 bits per heavy atom. The molecule has 4 heteroatoms. The SMILES string of the molecule is CCOc1cc2occ(-c3ccccc3)c2cc1/C(C)=C/C(=O)N1CCCC1. The van der Waals surface area contributed by atoms with Crippen LogP contribution >= 0.6 is 0 Å². The van der Waals surface area contributed by atoms with Crippen LogP contribution in [-0.2, 0) is 4.79 Å². The average molecular weight is 375 g/mol. The van der Waals surface area contributed by atoms with Crippen LogP contribution in [0.4, 0.5) is 0 Å². The fourth-order valence-corrected chi connectivity index (χ4v) is 3.77. The lowest BCUT2D eigenvalue weighted by Crippen LogP contribution is -2.25. The molecular weight excluding hydrogens is 350 g/mol. The Labute approximate surface area is 165 Å². The van der Waals surface area contributed by atoms with Crippen LogP contribution in [0, 0.1) is 0 Å². The second kappa shape index (κ2) is 7.93. The molecule has 0 saturated carbocycles. The maximum absolute atomic E-state index is 12.6. The van der Waals surface area contributed by atoms with E-state index in [1.54, 1.807) is 12.3 Å². The number of furan rings is 1. The summed E-state index contributed by atoms with van der Waals surface area (Å²) in [6, 6.07) is 14.2. The Balaban J connectivity index is 1.78. The van der Waals surface area contributed by atoms with Gasteiger partial charge in [-0.2, -0.15) is 0 Å². The van der Waals surface area contributed by atoms with E-state index in [2.05, 4.69) is 18.2 Å². The highest BCUT2D eigenvalue weighted by Crippen LogP contribution is 2.37. The molecule has 3 aromatic rings. The van der Waals surface area contributed by atoms with Crippen LogP contribution in [0.3, 0.4) is 0 Å². The van der Waals surface area contributed by atoms with Gasteiger partial charge in [0.25, 0.3) is 0 Å². The summed E-state index contributed by atoms with van der Waals surface area (Å²) < 4.78 is 11.7. The van der Waals surface area contributed by atoms with Gasteiger partial charge in [0, 0.05) is 41.7 Å². The van der Waals surface area contributed by atoms with Crippen molar-refractivity contribution in [3.63, 3.8) is 0 Å². The predicted octanol–water partition coefficient (Wildman–Crippen LogP) is 5.52. The number of rotatable bonds is 5. The molecule has 1 amide bonds. The normalized spacial score (nSPS) is 14.6.